The summed E-state index contributed by atoms with van der Waals surface area (Å²) >= 11 is 0. The van der Waals surface area contributed by atoms with E-state index in [0.29, 0.717) is 25.6 Å². The fourth-order valence-corrected chi connectivity index (χ4v) is 2.49. The van der Waals surface area contributed by atoms with Gasteiger partial charge in [-0.15, -0.1) is 12.4 Å². The molecule has 0 radical (unpaired) electrons. The van der Waals surface area contributed by atoms with Gasteiger partial charge >= 0.3 is 0 Å². The molecule has 5 nitrogen and oxygen atoms in total. The van der Waals surface area contributed by atoms with E-state index >= 15 is 0 Å². The highest BCUT2D eigenvalue weighted by molar-refractivity contribution is 5.85. The second-order valence-corrected chi connectivity index (χ2v) is 5.25. The van der Waals surface area contributed by atoms with E-state index in [2.05, 4.69) is 10.2 Å². The quantitative estimate of drug-likeness (QED) is 0.822. The Kier molecular flexibility index (Phi) is 7.50. The maximum Gasteiger partial charge on any atom is 0.234 e. The van der Waals surface area contributed by atoms with E-state index in [1.165, 1.54) is 0 Å². The fourth-order valence-electron chi connectivity index (χ4n) is 2.49. The van der Waals surface area contributed by atoms with Gasteiger partial charge in [0, 0.05) is 13.1 Å². The molecule has 6 heteroatoms. The lowest BCUT2D eigenvalue weighted by molar-refractivity contribution is -0.122. The molecule has 0 saturated carbocycles. The number of ether oxygens (including phenoxy) is 1. The molecule has 0 spiro atoms. The molecule has 1 aromatic carbocycles. The van der Waals surface area contributed by atoms with Gasteiger partial charge in [-0.3, -0.25) is 9.69 Å². The lowest BCUT2D eigenvalue weighted by Gasteiger charge is -2.15. The van der Waals surface area contributed by atoms with Gasteiger partial charge in [-0.05, 0) is 43.1 Å². The number of hydrogen-bond donors (Lipinski definition) is 2. The molecule has 1 amide bonds. The number of hydrogen-bond acceptors (Lipinski definition) is 4. The molecule has 118 valence electrons. The van der Waals surface area contributed by atoms with Gasteiger partial charge in [0.25, 0.3) is 0 Å². The number of methoxy groups -OCH3 is 1. The first kappa shape index (κ1) is 17.8. The van der Waals surface area contributed by atoms with Crippen molar-refractivity contribution in [2.45, 2.75) is 13.0 Å². The van der Waals surface area contributed by atoms with E-state index in [0.717, 1.165) is 30.8 Å². The summed E-state index contributed by atoms with van der Waals surface area (Å²) in [4.78, 5) is 14.1. The third-order valence-corrected chi connectivity index (χ3v) is 3.69. The average Bonchev–Trinajstić information content (AvgIpc) is 2.93. The molecule has 3 N–H and O–H groups in total. The standard InChI is InChI=1S/C15H23N3O2.ClH/c1-20-14-4-2-3-12(7-14)9-17-15(19)11-18-6-5-13(8-16)10-18;/h2-4,7,13H,5-6,8-11,16H2,1H3,(H,17,19);1H. The number of rotatable bonds is 6. The summed E-state index contributed by atoms with van der Waals surface area (Å²) in [7, 11) is 1.64. The van der Waals surface area contributed by atoms with Crippen LogP contribution in [-0.2, 0) is 11.3 Å². The molecule has 1 aromatic rings. The zero-order chi connectivity index (χ0) is 14.4. The predicted molar refractivity (Wildman–Crippen MR) is 85.7 cm³/mol. The van der Waals surface area contributed by atoms with Crippen LogP contribution in [-0.4, -0.2) is 44.1 Å². The highest BCUT2D eigenvalue weighted by Gasteiger charge is 2.22. The first-order chi connectivity index (χ1) is 9.71. The van der Waals surface area contributed by atoms with E-state index < -0.39 is 0 Å². The molecule has 0 aliphatic carbocycles. The first-order valence-corrected chi connectivity index (χ1v) is 7.03. The molecule has 1 unspecified atom stereocenters. The largest absolute Gasteiger partial charge is 0.497 e. The molecule has 0 bridgehead atoms. The molecule has 21 heavy (non-hydrogen) atoms. The van der Waals surface area contributed by atoms with E-state index in [1.807, 2.05) is 24.3 Å². The van der Waals surface area contributed by atoms with Gasteiger partial charge in [0.1, 0.15) is 5.75 Å². The third kappa shape index (κ3) is 5.53. The molecule has 1 atom stereocenters. The molecule has 1 heterocycles. The van der Waals surface area contributed by atoms with Crippen LogP contribution in [0.15, 0.2) is 24.3 Å². The minimum atomic E-state index is 0. The third-order valence-electron chi connectivity index (χ3n) is 3.69. The summed E-state index contributed by atoms with van der Waals surface area (Å²) in [5.74, 6) is 1.41. The number of nitrogens with two attached hydrogens (primary N) is 1. The van der Waals surface area contributed by atoms with Crippen LogP contribution >= 0.6 is 12.4 Å². The van der Waals surface area contributed by atoms with Gasteiger partial charge in [0.15, 0.2) is 0 Å². The van der Waals surface area contributed by atoms with Gasteiger partial charge in [0.05, 0.1) is 13.7 Å². The molecule has 0 aromatic heterocycles. The highest BCUT2D eigenvalue weighted by Crippen LogP contribution is 2.14. The highest BCUT2D eigenvalue weighted by atomic mass is 35.5. The Bertz CT molecular complexity index is 456. The molecule has 1 aliphatic rings. The zero-order valence-electron chi connectivity index (χ0n) is 12.4. The minimum Gasteiger partial charge on any atom is -0.497 e. The molecular weight excluding hydrogens is 290 g/mol. The van der Waals surface area contributed by atoms with Gasteiger partial charge in [0.2, 0.25) is 5.91 Å². The van der Waals surface area contributed by atoms with Crippen molar-refractivity contribution < 1.29 is 9.53 Å². The number of amides is 1. The maximum absolute atomic E-state index is 11.9. The fraction of sp³-hybridized carbons (Fsp3) is 0.533. The van der Waals surface area contributed by atoms with Crippen molar-refractivity contribution in [2.24, 2.45) is 11.7 Å². The SMILES string of the molecule is COc1cccc(CNC(=O)CN2CCC(CN)C2)c1.Cl. The van der Waals surface area contributed by atoms with Crippen LogP contribution in [0.3, 0.4) is 0 Å². The number of carbonyl (C=O) groups excluding carboxylic acids is 1. The van der Waals surface area contributed by atoms with Gasteiger partial charge in [-0.1, -0.05) is 12.1 Å². The first-order valence-electron chi connectivity index (χ1n) is 7.03. The van der Waals surface area contributed by atoms with Crippen molar-refractivity contribution in [2.75, 3.05) is 33.3 Å². The smallest absolute Gasteiger partial charge is 0.234 e. The minimum absolute atomic E-state index is 0. The summed E-state index contributed by atoms with van der Waals surface area (Å²) in [5, 5.41) is 2.94. The molecule has 2 rings (SSSR count). The van der Waals surface area contributed by atoms with Crippen molar-refractivity contribution in [1.82, 2.24) is 10.2 Å². The second-order valence-electron chi connectivity index (χ2n) is 5.25. The van der Waals surface area contributed by atoms with Crippen LogP contribution < -0.4 is 15.8 Å². The van der Waals surface area contributed by atoms with Crippen molar-refractivity contribution in [1.29, 1.82) is 0 Å². The van der Waals surface area contributed by atoms with E-state index in [-0.39, 0.29) is 18.3 Å². The normalized spacial score (nSPS) is 18.1. The number of carbonyl (C=O) groups is 1. The molecule has 1 fully saturated rings. The van der Waals surface area contributed by atoms with Crippen LogP contribution in [0.25, 0.3) is 0 Å². The Morgan fingerprint density at radius 2 is 2.33 bits per heavy atom. The van der Waals surface area contributed by atoms with Gasteiger partial charge in [-0.25, -0.2) is 0 Å². The van der Waals surface area contributed by atoms with E-state index in [1.54, 1.807) is 7.11 Å². The van der Waals surface area contributed by atoms with Gasteiger partial charge in [-0.2, -0.15) is 0 Å². The summed E-state index contributed by atoms with van der Waals surface area (Å²) in [6.45, 7) is 3.60. The van der Waals surface area contributed by atoms with Gasteiger partial charge < -0.3 is 15.8 Å². The van der Waals surface area contributed by atoms with Crippen LogP contribution in [0.1, 0.15) is 12.0 Å². The Morgan fingerprint density at radius 1 is 1.52 bits per heavy atom. The van der Waals surface area contributed by atoms with Crippen molar-refractivity contribution in [3.05, 3.63) is 29.8 Å². The zero-order valence-corrected chi connectivity index (χ0v) is 13.2. The number of likely N-dealkylation sites (tertiary alicyclic amines) is 1. The Morgan fingerprint density at radius 3 is 3.00 bits per heavy atom. The van der Waals surface area contributed by atoms with Crippen LogP contribution in [0, 0.1) is 5.92 Å². The predicted octanol–water partition coefficient (Wildman–Crippen LogP) is 1.01. The van der Waals surface area contributed by atoms with E-state index in [4.69, 9.17) is 10.5 Å². The number of nitrogens with one attached hydrogen (secondary N) is 1. The molecule has 1 aliphatic heterocycles. The second kappa shape index (κ2) is 8.87. The van der Waals surface area contributed by atoms with Crippen LogP contribution in [0.4, 0.5) is 0 Å². The number of nitrogens with zero attached hydrogens (tertiary/aromatic N) is 1. The average molecular weight is 314 g/mol. The summed E-state index contributed by atoms with van der Waals surface area (Å²) in [6.07, 6.45) is 1.10. The van der Waals surface area contributed by atoms with Crippen LogP contribution in [0.5, 0.6) is 5.75 Å². The monoisotopic (exact) mass is 313 g/mol. The Hall–Kier alpha value is -1.30. The number of benzene rings is 1. The van der Waals surface area contributed by atoms with Crippen molar-refractivity contribution >= 4 is 18.3 Å². The maximum atomic E-state index is 11.9. The van der Waals surface area contributed by atoms with Crippen LogP contribution in [0.2, 0.25) is 0 Å². The lowest BCUT2D eigenvalue weighted by atomic mass is 10.1. The summed E-state index contributed by atoms with van der Waals surface area (Å²) < 4.78 is 5.16. The summed E-state index contributed by atoms with van der Waals surface area (Å²) in [6, 6.07) is 7.72. The Labute approximate surface area is 132 Å². The molecule has 1 saturated heterocycles. The Balaban J connectivity index is 0.00000220. The van der Waals surface area contributed by atoms with Crippen molar-refractivity contribution in [3.63, 3.8) is 0 Å². The van der Waals surface area contributed by atoms with E-state index in [9.17, 15) is 4.79 Å². The topological polar surface area (TPSA) is 67.6 Å². The molecular formula is C15H24ClN3O2. The lowest BCUT2D eigenvalue weighted by Crippen LogP contribution is -2.36. The van der Waals surface area contributed by atoms with Crippen molar-refractivity contribution in [3.8, 4) is 5.75 Å². The summed E-state index contributed by atoms with van der Waals surface area (Å²) in [5.41, 5.74) is 6.69. The number of halogens is 1.